The largest absolute Gasteiger partial charge is 0.484 e. The van der Waals surface area contributed by atoms with Gasteiger partial charge in [-0.15, -0.1) is 0 Å². The standard InChI is InChI=1S/C25H24N4O2/c1-18-10-11-23(19(2)14-18)29-25(27-12-6-7-13-27)21-15-28(16-22(21)26-29)24(30)17-31-20-8-4-3-5-9-20/h3-14H,15-17H2,1-2H3. The summed E-state index contributed by atoms with van der Waals surface area (Å²) in [7, 11) is 0. The molecule has 0 spiro atoms. The minimum atomic E-state index is -0.0432. The SMILES string of the molecule is Cc1ccc(-n2nc3c(c2-n2cccc2)CN(C(=O)COc2ccccc2)C3)c(C)c1. The highest BCUT2D eigenvalue weighted by Crippen LogP contribution is 2.31. The Bertz CT molecular complexity index is 1230. The number of hydrogen-bond donors (Lipinski definition) is 0. The number of fused-ring (bicyclic) bond motifs is 1. The van der Waals surface area contributed by atoms with Crippen LogP contribution in [0.1, 0.15) is 22.4 Å². The molecule has 3 heterocycles. The van der Waals surface area contributed by atoms with Crippen molar-refractivity contribution in [1.29, 1.82) is 0 Å². The molecule has 6 heteroatoms. The molecule has 5 rings (SSSR count). The molecule has 6 nitrogen and oxygen atoms in total. The van der Waals surface area contributed by atoms with Crippen molar-refractivity contribution in [3.05, 3.63) is 95.4 Å². The van der Waals surface area contributed by atoms with E-state index in [0.717, 1.165) is 22.8 Å². The lowest BCUT2D eigenvalue weighted by Gasteiger charge is -2.18. The second kappa shape index (κ2) is 7.80. The second-order valence-electron chi connectivity index (χ2n) is 7.89. The van der Waals surface area contributed by atoms with E-state index in [4.69, 9.17) is 9.84 Å². The van der Waals surface area contributed by atoms with Crippen LogP contribution in [0.5, 0.6) is 5.75 Å². The molecule has 0 atom stereocenters. The van der Waals surface area contributed by atoms with E-state index in [-0.39, 0.29) is 12.5 Å². The Labute approximate surface area is 181 Å². The van der Waals surface area contributed by atoms with E-state index in [0.29, 0.717) is 18.8 Å². The second-order valence-corrected chi connectivity index (χ2v) is 7.89. The van der Waals surface area contributed by atoms with Gasteiger partial charge >= 0.3 is 0 Å². The first-order valence-corrected chi connectivity index (χ1v) is 10.4. The van der Waals surface area contributed by atoms with Crippen molar-refractivity contribution in [1.82, 2.24) is 19.2 Å². The summed E-state index contributed by atoms with van der Waals surface area (Å²) in [6, 6.07) is 19.8. The minimum absolute atomic E-state index is 0.0181. The van der Waals surface area contributed by atoms with Crippen molar-refractivity contribution in [3.8, 4) is 17.3 Å². The van der Waals surface area contributed by atoms with Crippen molar-refractivity contribution in [2.45, 2.75) is 26.9 Å². The molecule has 0 radical (unpaired) electrons. The number of benzene rings is 2. The van der Waals surface area contributed by atoms with E-state index in [9.17, 15) is 4.79 Å². The molecule has 0 saturated carbocycles. The number of para-hydroxylation sites is 1. The Balaban J connectivity index is 1.43. The van der Waals surface area contributed by atoms with Gasteiger partial charge in [-0.1, -0.05) is 35.9 Å². The summed E-state index contributed by atoms with van der Waals surface area (Å²) in [5.41, 5.74) is 5.44. The van der Waals surface area contributed by atoms with Gasteiger partial charge in [-0.3, -0.25) is 4.79 Å². The maximum atomic E-state index is 12.8. The van der Waals surface area contributed by atoms with E-state index in [1.807, 2.05) is 59.5 Å². The number of hydrogen-bond acceptors (Lipinski definition) is 3. The van der Waals surface area contributed by atoms with E-state index in [1.54, 1.807) is 4.90 Å². The van der Waals surface area contributed by atoms with Gasteiger partial charge in [0.1, 0.15) is 11.6 Å². The normalized spacial score (nSPS) is 12.8. The Morgan fingerprint density at radius 2 is 1.77 bits per heavy atom. The number of amides is 1. The molecule has 1 aliphatic heterocycles. The monoisotopic (exact) mass is 412 g/mol. The van der Waals surface area contributed by atoms with Gasteiger partial charge in [-0.25, -0.2) is 4.68 Å². The number of ether oxygens (including phenoxy) is 1. The van der Waals surface area contributed by atoms with Gasteiger partial charge in [-0.2, -0.15) is 5.10 Å². The highest BCUT2D eigenvalue weighted by Gasteiger charge is 2.31. The lowest BCUT2D eigenvalue weighted by molar-refractivity contribution is -0.134. The third kappa shape index (κ3) is 3.61. The zero-order valence-electron chi connectivity index (χ0n) is 17.7. The molecule has 1 amide bonds. The predicted octanol–water partition coefficient (Wildman–Crippen LogP) is 4.20. The zero-order chi connectivity index (χ0) is 21.4. The van der Waals surface area contributed by atoms with E-state index in [1.165, 1.54) is 11.1 Å². The van der Waals surface area contributed by atoms with Crippen LogP contribution in [0, 0.1) is 13.8 Å². The van der Waals surface area contributed by atoms with Crippen molar-refractivity contribution in [2.75, 3.05) is 6.61 Å². The molecule has 0 fully saturated rings. The van der Waals surface area contributed by atoms with Crippen LogP contribution in [-0.4, -0.2) is 31.8 Å². The van der Waals surface area contributed by atoms with E-state index in [2.05, 4.69) is 36.6 Å². The molecule has 1 aliphatic rings. The van der Waals surface area contributed by atoms with Crippen LogP contribution >= 0.6 is 0 Å². The Kier molecular flexibility index (Phi) is 4.82. The average Bonchev–Trinajstić information content (AvgIpc) is 3.49. The van der Waals surface area contributed by atoms with Crippen LogP contribution in [-0.2, 0) is 17.9 Å². The first kappa shape index (κ1) is 19.2. The molecule has 156 valence electrons. The van der Waals surface area contributed by atoms with Gasteiger partial charge < -0.3 is 14.2 Å². The lowest BCUT2D eigenvalue weighted by Crippen LogP contribution is -2.31. The molecule has 4 aromatic rings. The van der Waals surface area contributed by atoms with Crippen molar-refractivity contribution >= 4 is 5.91 Å². The number of carbonyl (C=O) groups excluding carboxylic acids is 1. The smallest absolute Gasteiger partial charge is 0.261 e. The lowest BCUT2D eigenvalue weighted by atomic mass is 10.1. The number of nitrogens with zero attached hydrogens (tertiary/aromatic N) is 4. The zero-order valence-corrected chi connectivity index (χ0v) is 17.7. The van der Waals surface area contributed by atoms with Gasteiger partial charge in [0.25, 0.3) is 5.91 Å². The molecule has 31 heavy (non-hydrogen) atoms. The molecule has 0 bridgehead atoms. The third-order valence-corrected chi connectivity index (χ3v) is 5.62. The molecule has 0 N–H and O–H groups in total. The fourth-order valence-corrected chi connectivity index (χ4v) is 4.08. The predicted molar refractivity (Wildman–Crippen MR) is 119 cm³/mol. The molecule has 0 aliphatic carbocycles. The summed E-state index contributed by atoms with van der Waals surface area (Å²) in [6.45, 7) is 5.21. The maximum absolute atomic E-state index is 12.8. The number of aromatic nitrogens is 3. The Morgan fingerprint density at radius 3 is 2.52 bits per heavy atom. The number of rotatable bonds is 5. The maximum Gasteiger partial charge on any atom is 0.261 e. The average molecular weight is 412 g/mol. The highest BCUT2D eigenvalue weighted by molar-refractivity contribution is 5.78. The van der Waals surface area contributed by atoms with Gasteiger partial charge in [0, 0.05) is 18.0 Å². The van der Waals surface area contributed by atoms with Gasteiger partial charge in [0.05, 0.1) is 24.5 Å². The minimum Gasteiger partial charge on any atom is -0.484 e. The van der Waals surface area contributed by atoms with Crippen LogP contribution in [0.2, 0.25) is 0 Å². The summed E-state index contributed by atoms with van der Waals surface area (Å²) in [6.07, 6.45) is 4.03. The van der Waals surface area contributed by atoms with Crippen LogP contribution in [0.4, 0.5) is 0 Å². The summed E-state index contributed by atoms with van der Waals surface area (Å²) in [4.78, 5) is 14.6. The quantitative estimate of drug-likeness (QED) is 0.494. The van der Waals surface area contributed by atoms with Gasteiger partial charge in [0.15, 0.2) is 6.61 Å². The Morgan fingerprint density at radius 1 is 1.00 bits per heavy atom. The molecular weight excluding hydrogens is 388 g/mol. The summed E-state index contributed by atoms with van der Waals surface area (Å²) in [5, 5.41) is 4.92. The van der Waals surface area contributed by atoms with Gasteiger partial charge in [-0.05, 0) is 49.7 Å². The number of carbonyl (C=O) groups is 1. The van der Waals surface area contributed by atoms with E-state index < -0.39 is 0 Å². The highest BCUT2D eigenvalue weighted by atomic mass is 16.5. The molecule has 0 unspecified atom stereocenters. The van der Waals surface area contributed by atoms with Crippen molar-refractivity contribution in [3.63, 3.8) is 0 Å². The van der Waals surface area contributed by atoms with Crippen LogP contribution in [0.25, 0.3) is 11.5 Å². The summed E-state index contributed by atoms with van der Waals surface area (Å²) >= 11 is 0. The molecule has 2 aromatic heterocycles. The van der Waals surface area contributed by atoms with Crippen LogP contribution in [0.15, 0.2) is 73.1 Å². The topological polar surface area (TPSA) is 52.3 Å². The fraction of sp³-hybridized carbons (Fsp3) is 0.200. The first-order chi connectivity index (χ1) is 15.1. The third-order valence-electron chi connectivity index (χ3n) is 5.62. The molecule has 0 saturated heterocycles. The van der Waals surface area contributed by atoms with Crippen molar-refractivity contribution < 1.29 is 9.53 Å². The summed E-state index contributed by atoms with van der Waals surface area (Å²) in [5.74, 6) is 1.63. The number of aryl methyl sites for hydroxylation is 2. The molecular formula is C25H24N4O2. The first-order valence-electron chi connectivity index (χ1n) is 10.4. The fourth-order valence-electron chi connectivity index (χ4n) is 4.08. The Hall–Kier alpha value is -3.80. The van der Waals surface area contributed by atoms with Crippen LogP contribution in [0.3, 0.4) is 0 Å². The summed E-state index contributed by atoms with van der Waals surface area (Å²) < 4.78 is 9.73. The van der Waals surface area contributed by atoms with E-state index >= 15 is 0 Å². The molecule has 2 aromatic carbocycles. The van der Waals surface area contributed by atoms with Crippen LogP contribution < -0.4 is 4.74 Å². The van der Waals surface area contributed by atoms with Gasteiger partial charge in [0.2, 0.25) is 0 Å². The van der Waals surface area contributed by atoms with Crippen molar-refractivity contribution in [2.24, 2.45) is 0 Å².